The number of hydrogen-bond acceptors (Lipinski definition) is 5. The summed E-state index contributed by atoms with van der Waals surface area (Å²) < 4.78 is 9.36. The predicted molar refractivity (Wildman–Crippen MR) is 79.7 cm³/mol. The Morgan fingerprint density at radius 3 is 3.05 bits per heavy atom. The molecule has 1 unspecified atom stereocenters. The Balaban J connectivity index is 1.67. The van der Waals surface area contributed by atoms with Crippen molar-refractivity contribution in [3.63, 3.8) is 0 Å². The lowest BCUT2D eigenvalue weighted by Crippen LogP contribution is -2.35. The first-order valence-corrected chi connectivity index (χ1v) is 7.83. The molecular weight excluding hydrogens is 274 g/mol. The molecule has 0 spiro atoms. The Labute approximate surface area is 124 Å². The van der Waals surface area contributed by atoms with E-state index in [4.69, 9.17) is 4.74 Å². The summed E-state index contributed by atoms with van der Waals surface area (Å²) in [5, 5.41) is 4.95. The van der Waals surface area contributed by atoms with Gasteiger partial charge in [-0.15, -0.1) is 0 Å². The molecule has 112 valence electrons. The molecule has 0 bridgehead atoms. The minimum Gasteiger partial charge on any atom is -0.444 e. The van der Waals surface area contributed by atoms with Crippen LogP contribution in [0.15, 0.2) is 11.6 Å². The van der Waals surface area contributed by atoms with Gasteiger partial charge in [0, 0.05) is 31.2 Å². The standard InChI is InChI=1S/C14H23N3O2S/c1-14(2,3)19-13(18)15-6-11-4-5-17(8-11)9-12-7-16-20-10-12/h7,10-11H,4-6,8-9H2,1-3H3,(H,15,18). The second-order valence-electron chi connectivity index (χ2n) is 6.31. The van der Waals surface area contributed by atoms with Crippen LogP contribution < -0.4 is 5.32 Å². The van der Waals surface area contributed by atoms with E-state index in [9.17, 15) is 4.79 Å². The normalized spacial score (nSPS) is 20.1. The maximum atomic E-state index is 11.6. The Morgan fingerprint density at radius 2 is 2.40 bits per heavy atom. The average Bonchev–Trinajstić information content (AvgIpc) is 2.96. The maximum absolute atomic E-state index is 11.6. The molecule has 0 aromatic carbocycles. The van der Waals surface area contributed by atoms with Crippen molar-refractivity contribution in [3.8, 4) is 0 Å². The Bertz CT molecular complexity index is 428. The van der Waals surface area contributed by atoms with Gasteiger partial charge in [-0.2, -0.15) is 0 Å². The van der Waals surface area contributed by atoms with Crippen molar-refractivity contribution < 1.29 is 9.53 Å². The van der Waals surface area contributed by atoms with Crippen molar-refractivity contribution in [2.24, 2.45) is 5.92 Å². The highest BCUT2D eigenvalue weighted by Gasteiger charge is 2.24. The number of aromatic nitrogens is 1. The first kappa shape index (κ1) is 15.3. The molecular formula is C14H23N3O2S. The molecule has 6 heteroatoms. The fourth-order valence-corrected chi connectivity index (χ4v) is 2.86. The van der Waals surface area contributed by atoms with E-state index >= 15 is 0 Å². The summed E-state index contributed by atoms with van der Waals surface area (Å²) in [4.78, 5) is 14.0. The third kappa shape index (κ3) is 5.09. The van der Waals surface area contributed by atoms with Crippen LogP contribution in [0.4, 0.5) is 4.79 Å². The number of amides is 1. The molecule has 1 fully saturated rings. The molecule has 1 N–H and O–H groups in total. The smallest absolute Gasteiger partial charge is 0.407 e. The van der Waals surface area contributed by atoms with Crippen molar-refractivity contribution in [2.45, 2.75) is 39.3 Å². The Kier molecular flexibility index (Phi) is 4.99. The van der Waals surface area contributed by atoms with Crippen molar-refractivity contribution in [3.05, 3.63) is 17.1 Å². The molecule has 0 radical (unpaired) electrons. The topological polar surface area (TPSA) is 54.5 Å². The SMILES string of the molecule is CC(C)(C)OC(=O)NCC1CCN(Cc2cnsc2)C1. The van der Waals surface area contributed by atoms with Gasteiger partial charge in [-0.3, -0.25) is 4.90 Å². The molecule has 2 rings (SSSR count). The highest BCUT2D eigenvalue weighted by Crippen LogP contribution is 2.18. The molecule has 0 saturated carbocycles. The largest absolute Gasteiger partial charge is 0.444 e. The number of nitrogens with one attached hydrogen (secondary N) is 1. The summed E-state index contributed by atoms with van der Waals surface area (Å²) in [6.07, 6.45) is 2.72. The summed E-state index contributed by atoms with van der Waals surface area (Å²) in [6, 6.07) is 0. The first-order chi connectivity index (χ1) is 9.42. The quantitative estimate of drug-likeness (QED) is 0.927. The summed E-state index contributed by atoms with van der Waals surface area (Å²) in [5.41, 5.74) is 0.841. The zero-order chi connectivity index (χ0) is 14.6. The average molecular weight is 297 g/mol. The lowest BCUT2D eigenvalue weighted by atomic mass is 10.1. The van der Waals surface area contributed by atoms with E-state index in [2.05, 4.69) is 20.0 Å². The van der Waals surface area contributed by atoms with Crippen molar-refractivity contribution in [2.75, 3.05) is 19.6 Å². The number of ether oxygens (including phenoxy) is 1. The fourth-order valence-electron chi connectivity index (χ4n) is 2.33. The van der Waals surface area contributed by atoms with Gasteiger partial charge in [0.25, 0.3) is 0 Å². The fraction of sp³-hybridized carbons (Fsp3) is 0.714. The second kappa shape index (κ2) is 6.54. The maximum Gasteiger partial charge on any atom is 0.407 e. The molecule has 2 heterocycles. The van der Waals surface area contributed by atoms with Gasteiger partial charge >= 0.3 is 6.09 Å². The van der Waals surface area contributed by atoms with Crippen molar-refractivity contribution in [1.82, 2.24) is 14.6 Å². The van der Waals surface area contributed by atoms with Gasteiger partial charge in [-0.1, -0.05) is 0 Å². The van der Waals surface area contributed by atoms with Gasteiger partial charge < -0.3 is 10.1 Å². The lowest BCUT2D eigenvalue weighted by Gasteiger charge is -2.20. The minimum absolute atomic E-state index is 0.321. The molecule has 20 heavy (non-hydrogen) atoms. The van der Waals surface area contributed by atoms with Crippen LogP contribution >= 0.6 is 11.5 Å². The van der Waals surface area contributed by atoms with E-state index in [-0.39, 0.29) is 6.09 Å². The number of rotatable bonds is 4. The summed E-state index contributed by atoms with van der Waals surface area (Å²) >= 11 is 1.49. The minimum atomic E-state index is -0.433. The number of likely N-dealkylation sites (tertiary alicyclic amines) is 1. The van der Waals surface area contributed by atoms with Crippen molar-refractivity contribution in [1.29, 1.82) is 0 Å². The number of carbonyl (C=O) groups excluding carboxylic acids is 1. The molecule has 1 saturated heterocycles. The van der Waals surface area contributed by atoms with Crippen LogP contribution in [0.5, 0.6) is 0 Å². The van der Waals surface area contributed by atoms with Gasteiger partial charge in [-0.05, 0) is 56.8 Å². The lowest BCUT2D eigenvalue weighted by molar-refractivity contribution is 0.0519. The molecule has 5 nitrogen and oxygen atoms in total. The molecule has 1 aromatic rings. The third-order valence-electron chi connectivity index (χ3n) is 3.19. The number of nitrogens with zero attached hydrogens (tertiary/aromatic N) is 2. The van der Waals surface area contributed by atoms with E-state index in [1.807, 2.05) is 27.0 Å². The van der Waals surface area contributed by atoms with Gasteiger partial charge in [-0.25, -0.2) is 9.17 Å². The van der Waals surface area contributed by atoms with Gasteiger partial charge in [0.2, 0.25) is 0 Å². The predicted octanol–water partition coefficient (Wildman–Crippen LogP) is 2.49. The molecule has 1 aromatic heterocycles. The number of hydrogen-bond donors (Lipinski definition) is 1. The van der Waals surface area contributed by atoms with Crippen molar-refractivity contribution >= 4 is 17.6 Å². The van der Waals surface area contributed by atoms with E-state index < -0.39 is 5.60 Å². The van der Waals surface area contributed by atoms with Crippen LogP contribution in [0.25, 0.3) is 0 Å². The first-order valence-electron chi connectivity index (χ1n) is 7.00. The number of alkyl carbamates (subject to hydrolysis) is 1. The molecule has 0 aliphatic carbocycles. The number of carbonyl (C=O) groups is 1. The summed E-state index contributed by atoms with van der Waals surface area (Å²) in [6.45, 7) is 9.37. The van der Waals surface area contributed by atoms with E-state index in [0.29, 0.717) is 12.5 Å². The van der Waals surface area contributed by atoms with Crippen LogP contribution in [-0.4, -0.2) is 40.6 Å². The highest BCUT2D eigenvalue weighted by molar-refractivity contribution is 7.03. The van der Waals surface area contributed by atoms with Crippen LogP contribution in [0.1, 0.15) is 32.8 Å². The Hall–Kier alpha value is -1.14. The summed E-state index contributed by atoms with van der Waals surface area (Å²) in [7, 11) is 0. The molecule has 1 amide bonds. The van der Waals surface area contributed by atoms with Crippen LogP contribution in [-0.2, 0) is 11.3 Å². The zero-order valence-corrected chi connectivity index (χ0v) is 13.2. The third-order valence-corrected chi connectivity index (χ3v) is 3.83. The van der Waals surface area contributed by atoms with Crippen LogP contribution in [0, 0.1) is 5.92 Å². The van der Waals surface area contributed by atoms with Gasteiger partial charge in [0.05, 0.1) is 0 Å². The van der Waals surface area contributed by atoms with Gasteiger partial charge in [0.15, 0.2) is 0 Å². The molecule has 1 aliphatic heterocycles. The van der Waals surface area contributed by atoms with Gasteiger partial charge in [0.1, 0.15) is 5.60 Å². The van der Waals surface area contributed by atoms with E-state index in [1.165, 1.54) is 17.1 Å². The molecule has 1 aliphatic rings. The Morgan fingerprint density at radius 1 is 1.60 bits per heavy atom. The van der Waals surface area contributed by atoms with E-state index in [0.717, 1.165) is 26.1 Å². The zero-order valence-electron chi connectivity index (χ0n) is 12.4. The van der Waals surface area contributed by atoms with Crippen LogP contribution in [0.3, 0.4) is 0 Å². The monoisotopic (exact) mass is 297 g/mol. The van der Waals surface area contributed by atoms with Crippen LogP contribution in [0.2, 0.25) is 0 Å². The summed E-state index contributed by atoms with van der Waals surface area (Å²) in [5.74, 6) is 0.508. The molecule has 1 atom stereocenters. The van der Waals surface area contributed by atoms with E-state index in [1.54, 1.807) is 0 Å². The second-order valence-corrected chi connectivity index (χ2v) is 6.96. The highest BCUT2D eigenvalue weighted by atomic mass is 32.1.